The minimum absolute atomic E-state index is 0.249. The second kappa shape index (κ2) is 4.21. The highest BCUT2D eigenvalue weighted by Crippen LogP contribution is 2.20. The molecule has 0 fully saturated rings. The third-order valence-corrected chi connectivity index (χ3v) is 1.81. The van der Waals surface area contributed by atoms with Gasteiger partial charge >= 0.3 is 11.9 Å². The van der Waals surface area contributed by atoms with E-state index in [2.05, 4.69) is 0 Å². The van der Waals surface area contributed by atoms with Gasteiger partial charge in [-0.25, -0.2) is 18.0 Å². The fourth-order valence-corrected chi connectivity index (χ4v) is 1.10. The van der Waals surface area contributed by atoms with E-state index >= 15 is 0 Å². The number of carbonyl (C=O) groups is 2. The van der Waals surface area contributed by atoms with Gasteiger partial charge in [0.2, 0.25) is 0 Å². The molecule has 0 saturated carbocycles. The van der Waals surface area contributed by atoms with Crippen LogP contribution >= 0.6 is 0 Å². The zero-order valence-electron chi connectivity index (χ0n) is 7.63. The van der Waals surface area contributed by atoms with Crippen molar-refractivity contribution in [1.82, 2.24) is 0 Å². The molecule has 0 heterocycles. The maximum absolute atomic E-state index is 13.1. The molecule has 0 spiro atoms. The number of carboxylic acid groups (broad SMARTS) is 2. The van der Waals surface area contributed by atoms with Gasteiger partial charge in [0.25, 0.3) is 0 Å². The van der Waals surface area contributed by atoms with Crippen LogP contribution in [0.15, 0.2) is 6.07 Å². The van der Waals surface area contributed by atoms with Crippen LogP contribution in [0.5, 0.6) is 0 Å². The topological polar surface area (TPSA) is 74.6 Å². The highest BCUT2D eigenvalue weighted by molar-refractivity contribution is 5.88. The highest BCUT2D eigenvalue weighted by Gasteiger charge is 2.23. The first-order valence-corrected chi connectivity index (χ1v) is 3.96. The smallest absolute Gasteiger partial charge is 0.338 e. The summed E-state index contributed by atoms with van der Waals surface area (Å²) in [6, 6.07) is 0.249. The van der Waals surface area contributed by atoms with Crippen LogP contribution in [0.4, 0.5) is 13.2 Å². The Bertz CT molecular complexity index is 470. The molecule has 1 aromatic rings. The Morgan fingerprint density at radius 3 is 2.12 bits per heavy atom. The Labute approximate surface area is 86.9 Å². The minimum atomic E-state index is -1.84. The Morgan fingerprint density at radius 1 is 1.12 bits per heavy atom. The molecule has 4 nitrogen and oxygen atoms in total. The van der Waals surface area contributed by atoms with Gasteiger partial charge in [0.1, 0.15) is 11.4 Å². The normalized spacial score (nSPS) is 10.2. The summed E-state index contributed by atoms with van der Waals surface area (Å²) in [6.45, 7) is 0. The van der Waals surface area contributed by atoms with Gasteiger partial charge in [-0.15, -0.1) is 0 Å². The predicted molar refractivity (Wildman–Crippen MR) is 44.6 cm³/mol. The van der Waals surface area contributed by atoms with Crippen molar-refractivity contribution in [3.63, 3.8) is 0 Å². The van der Waals surface area contributed by atoms with E-state index in [1.165, 1.54) is 0 Å². The monoisotopic (exact) mass is 234 g/mol. The standard InChI is InChI=1S/C9H5F3O4/c10-5-1-4(9(15)16)8(12)7(11)3(5)2-6(13)14/h1H,2H2,(H,13,14)(H,15,16). The zero-order valence-corrected chi connectivity index (χ0v) is 7.63. The minimum Gasteiger partial charge on any atom is -0.481 e. The zero-order chi connectivity index (χ0) is 12.5. The van der Waals surface area contributed by atoms with Gasteiger partial charge in [-0.3, -0.25) is 4.79 Å². The number of hydrogen-bond acceptors (Lipinski definition) is 2. The molecule has 0 aromatic heterocycles. The van der Waals surface area contributed by atoms with Gasteiger partial charge in [0, 0.05) is 5.56 Å². The van der Waals surface area contributed by atoms with Crippen molar-refractivity contribution in [2.45, 2.75) is 6.42 Å². The summed E-state index contributed by atoms with van der Waals surface area (Å²) in [5, 5.41) is 16.7. The average Bonchev–Trinajstić information content (AvgIpc) is 2.17. The first-order chi connectivity index (χ1) is 7.34. The van der Waals surface area contributed by atoms with Gasteiger partial charge in [-0.2, -0.15) is 0 Å². The van der Waals surface area contributed by atoms with Gasteiger partial charge in [-0.1, -0.05) is 0 Å². The average molecular weight is 234 g/mol. The van der Waals surface area contributed by atoms with Crippen molar-refractivity contribution in [2.75, 3.05) is 0 Å². The molecule has 0 bridgehead atoms. The van der Waals surface area contributed by atoms with E-state index < -0.39 is 46.9 Å². The van der Waals surface area contributed by atoms with E-state index in [0.717, 1.165) is 0 Å². The van der Waals surface area contributed by atoms with Crippen molar-refractivity contribution >= 4 is 11.9 Å². The molecule has 0 aliphatic carbocycles. The lowest BCUT2D eigenvalue weighted by Crippen LogP contribution is -2.11. The number of hydrogen-bond donors (Lipinski definition) is 2. The summed E-state index contributed by atoms with van der Waals surface area (Å²) in [4.78, 5) is 20.6. The van der Waals surface area contributed by atoms with E-state index in [1.807, 2.05) is 0 Å². The molecule has 2 N–H and O–H groups in total. The second-order valence-corrected chi connectivity index (χ2v) is 2.89. The molecule has 16 heavy (non-hydrogen) atoms. The lowest BCUT2D eigenvalue weighted by atomic mass is 10.1. The number of rotatable bonds is 3. The predicted octanol–water partition coefficient (Wildman–Crippen LogP) is 1.43. The summed E-state index contributed by atoms with van der Waals surface area (Å²) < 4.78 is 39.2. The van der Waals surface area contributed by atoms with Crippen LogP contribution in [0, 0.1) is 17.5 Å². The highest BCUT2D eigenvalue weighted by atomic mass is 19.2. The summed E-state index contributed by atoms with van der Waals surface area (Å²) in [7, 11) is 0. The summed E-state index contributed by atoms with van der Waals surface area (Å²) in [5.41, 5.74) is -2.18. The summed E-state index contributed by atoms with van der Waals surface area (Å²) >= 11 is 0. The Morgan fingerprint density at radius 2 is 1.69 bits per heavy atom. The summed E-state index contributed by atoms with van der Waals surface area (Å²) in [6.07, 6.45) is -1.06. The lowest BCUT2D eigenvalue weighted by Gasteiger charge is -2.05. The van der Waals surface area contributed by atoms with Gasteiger partial charge in [0.15, 0.2) is 11.6 Å². The molecule has 1 rings (SSSR count). The van der Waals surface area contributed by atoms with Gasteiger partial charge < -0.3 is 10.2 Å². The maximum atomic E-state index is 13.1. The number of aliphatic carboxylic acids is 1. The molecule has 0 aliphatic heterocycles. The molecular weight excluding hydrogens is 229 g/mol. The van der Waals surface area contributed by atoms with Crippen LogP contribution in [0.1, 0.15) is 15.9 Å². The fraction of sp³-hybridized carbons (Fsp3) is 0.111. The van der Waals surface area contributed by atoms with Crippen LogP contribution in [0.25, 0.3) is 0 Å². The van der Waals surface area contributed by atoms with Crippen LogP contribution in [-0.4, -0.2) is 22.2 Å². The number of carboxylic acids is 2. The summed E-state index contributed by atoms with van der Waals surface area (Å²) in [5.74, 6) is -8.36. The van der Waals surface area contributed by atoms with E-state index in [0.29, 0.717) is 0 Å². The molecule has 0 unspecified atom stereocenters. The fourth-order valence-electron chi connectivity index (χ4n) is 1.10. The van der Waals surface area contributed by atoms with Crippen molar-refractivity contribution in [1.29, 1.82) is 0 Å². The first-order valence-electron chi connectivity index (χ1n) is 3.96. The number of benzene rings is 1. The quantitative estimate of drug-likeness (QED) is 0.776. The SMILES string of the molecule is O=C(O)Cc1c(F)cc(C(=O)O)c(F)c1F. The van der Waals surface area contributed by atoms with Crippen LogP contribution in [0.3, 0.4) is 0 Å². The Hall–Kier alpha value is -2.05. The van der Waals surface area contributed by atoms with Crippen molar-refractivity contribution in [2.24, 2.45) is 0 Å². The molecule has 86 valence electrons. The molecule has 0 amide bonds. The number of halogens is 3. The molecule has 7 heteroatoms. The van der Waals surface area contributed by atoms with Crippen LogP contribution in [0.2, 0.25) is 0 Å². The van der Waals surface area contributed by atoms with Crippen LogP contribution < -0.4 is 0 Å². The van der Waals surface area contributed by atoms with Crippen LogP contribution in [-0.2, 0) is 11.2 Å². The van der Waals surface area contributed by atoms with Gasteiger partial charge in [0.05, 0.1) is 6.42 Å². The van der Waals surface area contributed by atoms with E-state index in [-0.39, 0.29) is 6.07 Å². The van der Waals surface area contributed by atoms with Crippen molar-refractivity contribution in [3.8, 4) is 0 Å². The first kappa shape index (κ1) is 12.0. The molecule has 0 atom stereocenters. The maximum Gasteiger partial charge on any atom is 0.338 e. The Kier molecular flexibility index (Phi) is 3.17. The third kappa shape index (κ3) is 2.13. The van der Waals surface area contributed by atoms with E-state index in [1.54, 1.807) is 0 Å². The van der Waals surface area contributed by atoms with Gasteiger partial charge in [-0.05, 0) is 6.07 Å². The second-order valence-electron chi connectivity index (χ2n) is 2.89. The molecule has 0 aliphatic rings. The largest absolute Gasteiger partial charge is 0.481 e. The third-order valence-electron chi connectivity index (χ3n) is 1.81. The molecule has 0 saturated heterocycles. The molecular formula is C9H5F3O4. The molecule has 1 aromatic carbocycles. The Balaban J connectivity index is 3.39. The van der Waals surface area contributed by atoms with E-state index in [9.17, 15) is 22.8 Å². The number of aromatic carboxylic acids is 1. The van der Waals surface area contributed by atoms with E-state index in [4.69, 9.17) is 10.2 Å². The lowest BCUT2D eigenvalue weighted by molar-refractivity contribution is -0.136. The van der Waals surface area contributed by atoms with Crippen molar-refractivity contribution < 1.29 is 33.0 Å². The van der Waals surface area contributed by atoms with Crippen molar-refractivity contribution in [3.05, 3.63) is 34.6 Å². The molecule has 0 radical (unpaired) electrons.